The third kappa shape index (κ3) is 9.49. The van der Waals surface area contributed by atoms with Gasteiger partial charge in [0.25, 0.3) is 0 Å². The molecule has 1 fully saturated rings. The highest BCUT2D eigenvalue weighted by atomic mass is 31.2. The number of nitrogens with zero attached hydrogens (tertiary/aromatic N) is 8. The van der Waals surface area contributed by atoms with E-state index in [1.165, 1.54) is 0 Å². The van der Waals surface area contributed by atoms with E-state index in [0.29, 0.717) is 6.29 Å². The van der Waals surface area contributed by atoms with Crippen LogP contribution in [0.15, 0.2) is 0 Å². The normalized spacial score (nSPS) is 16.2. The second-order valence-corrected chi connectivity index (χ2v) is 17.0. The van der Waals surface area contributed by atoms with Crippen molar-refractivity contribution < 1.29 is 0 Å². The Morgan fingerprint density at radius 2 is 0.667 bits per heavy atom. The molecule has 0 aromatic carbocycles. The molecule has 0 radical (unpaired) electrons. The number of hydrogen-bond donors (Lipinski definition) is 2. The number of likely N-dealkylation sites (N-methyl/N-ethyl adjacent to an activating group) is 2. The van der Waals surface area contributed by atoms with E-state index < -0.39 is 15.7 Å². The van der Waals surface area contributed by atoms with Gasteiger partial charge in [0, 0.05) is 98.7 Å². The van der Waals surface area contributed by atoms with E-state index in [4.69, 9.17) is 0 Å². The lowest BCUT2D eigenvalue weighted by atomic mass is 10.6. The van der Waals surface area contributed by atoms with Crippen molar-refractivity contribution in [2.75, 3.05) is 113 Å². The molecule has 0 amide bonds. The lowest BCUT2D eigenvalue weighted by Crippen LogP contribution is -2.58. The summed E-state index contributed by atoms with van der Waals surface area (Å²) in [5.74, 6) is 0. The average molecular weight is 639 g/mol. The summed E-state index contributed by atoms with van der Waals surface area (Å²) >= 11 is 0. The molecule has 0 atom stereocenters. The molecule has 0 aromatic heterocycles. The molecule has 10 nitrogen and oxygen atoms in total. The van der Waals surface area contributed by atoms with Crippen LogP contribution in [-0.4, -0.2) is 157 Å². The van der Waals surface area contributed by atoms with Crippen molar-refractivity contribution in [1.29, 1.82) is 0 Å². The molecule has 0 bridgehead atoms. The molecule has 1 saturated heterocycles. The summed E-state index contributed by atoms with van der Waals surface area (Å²) in [5.41, 5.74) is 0. The largest absolute Gasteiger partial charge is 0.308 e. The zero-order chi connectivity index (χ0) is 32.5. The fourth-order valence-electron chi connectivity index (χ4n) is 6.70. The lowest BCUT2D eigenvalue weighted by molar-refractivity contribution is 0.160. The zero-order valence-corrected chi connectivity index (χ0v) is 32.7. The third-order valence-corrected chi connectivity index (χ3v) is 18.3. The second-order valence-electron chi connectivity index (χ2n) is 10.7. The van der Waals surface area contributed by atoms with Crippen molar-refractivity contribution in [2.45, 2.75) is 89.4 Å². The highest BCUT2D eigenvalue weighted by Crippen LogP contribution is 2.64. The molecule has 12 heteroatoms. The van der Waals surface area contributed by atoms with Gasteiger partial charge in [0.15, 0.2) is 6.29 Å². The van der Waals surface area contributed by atoms with Crippen molar-refractivity contribution >= 4 is 15.7 Å². The standard InChI is InChI=1S/C17H42N6P.C13H34N4P/c1-9-21(10-2)24(22(11-3)12-4,23(13-5)14-6)18-17-19(7)15-16-20(17)8;1-8-15(9-2)18(14-7,16(10-3)11-4)17(12-5)13-6/h17-18H,9-16H2,1-8H3;14H,8-13H2,1-7H3/q2*+1. The molecular formula is C30H76N10P2+2. The molecule has 0 aliphatic carbocycles. The minimum absolute atomic E-state index is 0.306. The zero-order valence-electron chi connectivity index (χ0n) is 30.9. The maximum Gasteiger partial charge on any atom is 0.308 e. The molecular weight excluding hydrogens is 562 g/mol. The fraction of sp³-hybridized carbons (Fsp3) is 1.00. The summed E-state index contributed by atoms with van der Waals surface area (Å²) < 4.78 is 15.9. The van der Waals surface area contributed by atoms with Crippen LogP contribution in [0.5, 0.6) is 0 Å². The lowest BCUT2D eigenvalue weighted by Gasteiger charge is -2.47. The van der Waals surface area contributed by atoms with Crippen LogP contribution in [0.25, 0.3) is 0 Å². The number of rotatable bonds is 21. The van der Waals surface area contributed by atoms with Crippen molar-refractivity contribution in [2.24, 2.45) is 0 Å². The first-order valence-electron chi connectivity index (χ1n) is 17.3. The van der Waals surface area contributed by atoms with Crippen LogP contribution in [-0.2, 0) is 0 Å². The minimum Gasteiger partial charge on any atom is -0.275 e. The van der Waals surface area contributed by atoms with Gasteiger partial charge in [-0.2, -0.15) is 0 Å². The van der Waals surface area contributed by atoms with E-state index in [-0.39, 0.29) is 0 Å². The quantitative estimate of drug-likeness (QED) is 0.161. The van der Waals surface area contributed by atoms with E-state index in [9.17, 15) is 0 Å². The maximum absolute atomic E-state index is 4.18. The van der Waals surface area contributed by atoms with Crippen molar-refractivity contribution in [3.63, 3.8) is 0 Å². The summed E-state index contributed by atoms with van der Waals surface area (Å²) in [6.07, 6.45) is 0.306. The van der Waals surface area contributed by atoms with Gasteiger partial charge >= 0.3 is 15.7 Å². The van der Waals surface area contributed by atoms with Gasteiger partial charge in [-0.25, -0.2) is 0 Å². The summed E-state index contributed by atoms with van der Waals surface area (Å²) in [6, 6.07) is 0. The summed E-state index contributed by atoms with van der Waals surface area (Å²) in [6.45, 7) is 42.7. The molecule has 1 aliphatic heterocycles. The Hall–Kier alpha value is 0.460. The summed E-state index contributed by atoms with van der Waals surface area (Å²) in [4.78, 5) is 4.90. The van der Waals surface area contributed by atoms with Crippen LogP contribution in [0.1, 0.15) is 83.1 Å². The molecule has 254 valence electrons. The minimum atomic E-state index is -1.78. The first kappa shape index (κ1) is 42.5. The first-order chi connectivity index (χ1) is 20.1. The van der Waals surface area contributed by atoms with Crippen molar-refractivity contribution in [1.82, 2.24) is 48.0 Å². The van der Waals surface area contributed by atoms with Crippen LogP contribution in [0.4, 0.5) is 0 Å². The molecule has 0 spiro atoms. The first-order valence-corrected chi connectivity index (χ1v) is 20.6. The van der Waals surface area contributed by atoms with E-state index in [0.717, 1.165) is 91.6 Å². The van der Waals surface area contributed by atoms with Gasteiger partial charge in [0.2, 0.25) is 0 Å². The molecule has 2 N–H and O–H groups in total. The molecule has 1 rings (SSSR count). The Morgan fingerprint density at radius 3 is 0.857 bits per heavy atom. The van der Waals surface area contributed by atoms with Gasteiger partial charge in [-0.05, 0) is 97.2 Å². The monoisotopic (exact) mass is 639 g/mol. The number of hydrogen-bond acceptors (Lipinski definition) is 10. The topological polar surface area (TPSA) is 50.0 Å². The Labute approximate surface area is 265 Å². The smallest absolute Gasteiger partial charge is 0.275 e. The summed E-state index contributed by atoms with van der Waals surface area (Å²) in [7, 11) is 3.26. The molecule has 0 aromatic rings. The molecule has 1 heterocycles. The molecule has 0 unspecified atom stereocenters. The highest BCUT2D eigenvalue weighted by Gasteiger charge is 2.57. The van der Waals surface area contributed by atoms with Crippen LogP contribution >= 0.6 is 15.7 Å². The molecule has 1 aliphatic rings. The second kappa shape index (κ2) is 22.1. The Morgan fingerprint density at radius 1 is 0.452 bits per heavy atom. The van der Waals surface area contributed by atoms with Crippen molar-refractivity contribution in [3.8, 4) is 0 Å². The van der Waals surface area contributed by atoms with Gasteiger partial charge < -0.3 is 0 Å². The van der Waals surface area contributed by atoms with E-state index in [1.54, 1.807) is 0 Å². The van der Waals surface area contributed by atoms with Crippen LogP contribution in [0.3, 0.4) is 0 Å². The van der Waals surface area contributed by atoms with Gasteiger partial charge in [-0.15, -0.1) is 38.2 Å². The van der Waals surface area contributed by atoms with Crippen LogP contribution in [0.2, 0.25) is 0 Å². The molecule has 42 heavy (non-hydrogen) atoms. The van der Waals surface area contributed by atoms with Gasteiger partial charge in [-0.3, -0.25) is 9.80 Å². The van der Waals surface area contributed by atoms with Gasteiger partial charge in [0.1, 0.15) is 0 Å². The SMILES string of the molecule is CCN(CC)[P+](NC)(N(CC)CC)N(CC)CC.CCN(CC)[P+](NC1N(C)CCN1C)(N(CC)CC)N(CC)CC. The Kier molecular flexibility index (Phi) is 22.3. The van der Waals surface area contributed by atoms with E-state index in [1.807, 2.05) is 0 Å². The van der Waals surface area contributed by atoms with Crippen molar-refractivity contribution in [3.05, 3.63) is 0 Å². The van der Waals surface area contributed by atoms with Crippen LogP contribution < -0.4 is 10.2 Å². The molecule has 0 saturated carbocycles. The predicted molar refractivity (Wildman–Crippen MR) is 193 cm³/mol. The fourth-order valence-corrected chi connectivity index (χ4v) is 15.6. The summed E-state index contributed by atoms with van der Waals surface area (Å²) in [5, 5.41) is 7.89. The highest BCUT2D eigenvalue weighted by molar-refractivity contribution is 7.67. The van der Waals surface area contributed by atoms with Gasteiger partial charge in [-0.1, -0.05) is 0 Å². The Bertz CT molecular complexity index is 579. The predicted octanol–water partition coefficient (Wildman–Crippen LogP) is 5.35. The number of nitrogens with one attached hydrogen (secondary N) is 2. The average Bonchev–Trinajstić information content (AvgIpc) is 3.32. The maximum atomic E-state index is 4.18. The van der Waals surface area contributed by atoms with Crippen LogP contribution in [0, 0.1) is 0 Å². The Balaban J connectivity index is 0.000000837. The van der Waals surface area contributed by atoms with E-state index in [2.05, 4.69) is 152 Å². The van der Waals surface area contributed by atoms with Gasteiger partial charge in [0.05, 0.1) is 0 Å². The third-order valence-electron chi connectivity index (χ3n) is 8.98. The van der Waals surface area contributed by atoms with E-state index >= 15 is 0 Å².